The van der Waals surface area contributed by atoms with Gasteiger partial charge in [0.05, 0.1) is 4.11 Å². The second-order valence-corrected chi connectivity index (χ2v) is 0.650. The van der Waals surface area contributed by atoms with Gasteiger partial charge in [0.15, 0.2) is 0 Å². The van der Waals surface area contributed by atoms with E-state index in [4.69, 9.17) is 6.85 Å². The number of allylic oxidation sites excluding steroid dienone is 2. The standard InChI is InChI=1S/C5H8/c1-4-5(2)3/h4H,1-2H2,3H3/i1D2,3D2,4D. The van der Waals surface area contributed by atoms with E-state index >= 15 is 0 Å². The van der Waals surface area contributed by atoms with E-state index in [0.717, 1.165) is 0 Å². The Labute approximate surface area is 39.8 Å². The van der Waals surface area contributed by atoms with Gasteiger partial charge in [-0.3, -0.25) is 0 Å². The molecule has 0 bridgehead atoms. The van der Waals surface area contributed by atoms with Crippen molar-refractivity contribution < 1.29 is 6.85 Å². The molecule has 0 rings (SSSR count). The van der Waals surface area contributed by atoms with Crippen LogP contribution in [0.2, 0.25) is 0 Å². The average molecular weight is 73.1 g/mol. The fraction of sp³-hybridized carbons (Fsp3) is 0.200. The van der Waals surface area contributed by atoms with E-state index in [-0.39, 0.29) is 5.57 Å². The molecule has 0 heteroatoms. The molecule has 0 radical (unpaired) electrons. The van der Waals surface area contributed by atoms with Crippen molar-refractivity contribution in [1.29, 1.82) is 0 Å². The van der Waals surface area contributed by atoms with Crippen molar-refractivity contribution in [1.82, 2.24) is 0 Å². The summed E-state index contributed by atoms with van der Waals surface area (Å²) in [4.78, 5) is 0. The monoisotopic (exact) mass is 73.1 g/mol. The topological polar surface area (TPSA) is 0 Å². The number of rotatable bonds is 1. The quantitative estimate of drug-likeness (QED) is 0.415. The molecule has 0 fully saturated rings. The summed E-state index contributed by atoms with van der Waals surface area (Å²) in [6.07, 6.45) is 0. The zero-order valence-electron chi connectivity index (χ0n) is 7.78. The predicted molar refractivity (Wildman–Crippen MR) is 25.0 cm³/mol. The highest BCUT2D eigenvalue weighted by Gasteiger charge is 1.59. The molecule has 0 aromatic carbocycles. The van der Waals surface area contributed by atoms with Crippen LogP contribution in [-0.2, 0) is 0 Å². The molecular weight excluding hydrogens is 60.1 g/mol. The Kier molecular flexibility index (Phi) is 0.267. The first kappa shape index (κ1) is 0.754. The summed E-state index contributed by atoms with van der Waals surface area (Å²) < 4.78 is 33.7. The highest BCUT2D eigenvalue weighted by atomic mass is 13.7. The number of hydrogen-bond acceptors (Lipinski definition) is 0. The van der Waals surface area contributed by atoms with E-state index < -0.39 is 19.5 Å². The average Bonchev–Trinajstić information content (AvgIpc) is 1.84. The van der Waals surface area contributed by atoms with Crippen molar-refractivity contribution in [2.45, 2.75) is 6.88 Å². The van der Waals surface area contributed by atoms with Crippen LogP contribution in [0.5, 0.6) is 0 Å². The van der Waals surface area contributed by atoms with Gasteiger partial charge in [0.25, 0.3) is 0 Å². The van der Waals surface area contributed by atoms with Crippen LogP contribution in [0.4, 0.5) is 0 Å². The van der Waals surface area contributed by atoms with E-state index in [2.05, 4.69) is 6.58 Å². The maximum atomic E-state index is 6.93. The molecule has 0 aromatic heterocycles. The Morgan fingerprint density at radius 1 is 2.60 bits per heavy atom. The van der Waals surface area contributed by atoms with Crippen molar-refractivity contribution in [3.8, 4) is 0 Å². The Bertz CT molecular complexity index is 165. The summed E-state index contributed by atoms with van der Waals surface area (Å²) >= 11 is 0. The zero-order valence-corrected chi connectivity index (χ0v) is 2.78. The van der Waals surface area contributed by atoms with E-state index in [1.54, 1.807) is 0 Å². The van der Waals surface area contributed by atoms with Gasteiger partial charge < -0.3 is 0 Å². The van der Waals surface area contributed by atoms with Crippen LogP contribution in [0.3, 0.4) is 0 Å². The minimum Gasteiger partial charge on any atom is -0.0988 e. The third-order valence-electron chi connectivity index (χ3n) is 0.161. The highest BCUT2D eigenvalue weighted by Crippen LogP contribution is 1.81. The summed E-state index contributed by atoms with van der Waals surface area (Å²) in [6.45, 7) is 1.17. The number of hydrogen-bond donors (Lipinski definition) is 0. The first-order valence-electron chi connectivity index (χ1n) is 3.80. The van der Waals surface area contributed by atoms with Gasteiger partial charge >= 0.3 is 0 Å². The fourth-order valence-electron chi connectivity index (χ4n) is 0. The van der Waals surface area contributed by atoms with Crippen molar-refractivity contribution in [2.24, 2.45) is 0 Å². The van der Waals surface area contributed by atoms with Gasteiger partial charge in [-0.25, -0.2) is 0 Å². The molecule has 28 valence electrons. The first-order chi connectivity index (χ1) is 4.46. The second kappa shape index (κ2) is 1.77. The lowest BCUT2D eigenvalue weighted by molar-refractivity contribution is 1.58. The molecular formula is C5H8. The second-order valence-electron chi connectivity index (χ2n) is 0.650. The summed E-state index contributed by atoms with van der Waals surface area (Å²) in [5, 5.41) is 0. The minimum atomic E-state index is -1.35. The molecule has 0 aromatic rings. The lowest BCUT2D eigenvalue weighted by Gasteiger charge is -1.71. The van der Waals surface area contributed by atoms with Crippen LogP contribution < -0.4 is 0 Å². The lowest BCUT2D eigenvalue weighted by atomic mass is 10.4. The van der Waals surface area contributed by atoms with Crippen molar-refractivity contribution in [3.63, 3.8) is 0 Å². The Morgan fingerprint density at radius 3 is 3.60 bits per heavy atom. The van der Waals surface area contributed by atoms with Crippen molar-refractivity contribution >= 4 is 0 Å². The van der Waals surface area contributed by atoms with Gasteiger partial charge in [0.2, 0.25) is 0 Å². The summed E-state index contributed by atoms with van der Waals surface area (Å²) in [5.74, 6) is 0. The maximum absolute atomic E-state index is 6.93. The van der Waals surface area contributed by atoms with Crippen molar-refractivity contribution in [3.05, 3.63) is 24.7 Å². The Hall–Kier alpha value is -0.520. The third kappa shape index (κ3) is 3.48. The van der Waals surface area contributed by atoms with Gasteiger partial charge in [-0.2, -0.15) is 0 Å². The molecule has 0 saturated carbocycles. The molecule has 0 aliphatic heterocycles. The van der Waals surface area contributed by atoms with E-state index in [1.165, 1.54) is 0 Å². The smallest absolute Gasteiger partial charge is 0.0619 e. The molecule has 0 aliphatic carbocycles. The van der Waals surface area contributed by atoms with Crippen LogP contribution in [0, 0.1) is 0 Å². The van der Waals surface area contributed by atoms with E-state index in [1.807, 2.05) is 0 Å². The molecule has 0 nitrogen and oxygen atoms in total. The zero-order chi connectivity index (χ0) is 8.31. The first-order valence-corrected chi connectivity index (χ1v) is 1.14. The van der Waals surface area contributed by atoms with Crippen LogP contribution >= 0.6 is 0 Å². The minimum absolute atomic E-state index is 0.111. The fourth-order valence-corrected chi connectivity index (χ4v) is 0. The normalized spacial score (nSPS) is 20.6. The molecule has 0 heterocycles. The molecule has 0 amide bonds. The molecule has 0 atom stereocenters. The van der Waals surface area contributed by atoms with Crippen LogP contribution in [0.15, 0.2) is 24.7 Å². The molecule has 0 saturated heterocycles. The van der Waals surface area contributed by atoms with Crippen LogP contribution in [0.1, 0.15) is 13.7 Å². The largest absolute Gasteiger partial charge is 0.0988 e. The highest BCUT2D eigenvalue weighted by molar-refractivity contribution is 5.05. The van der Waals surface area contributed by atoms with Crippen LogP contribution in [0.25, 0.3) is 0 Å². The lowest BCUT2D eigenvalue weighted by Crippen LogP contribution is -1.50. The van der Waals surface area contributed by atoms with Crippen molar-refractivity contribution in [2.75, 3.05) is 0 Å². The maximum Gasteiger partial charge on any atom is 0.0619 e. The SMILES string of the molecule is [2H]C([2H])=C([2H])C(=C)C([2H])[2H]. The summed E-state index contributed by atoms with van der Waals surface area (Å²) in [6, 6.07) is -0.435. The Morgan fingerprint density at radius 2 is 3.40 bits per heavy atom. The van der Waals surface area contributed by atoms with Gasteiger partial charge in [-0.15, -0.1) is 0 Å². The van der Waals surface area contributed by atoms with Crippen LogP contribution in [-0.4, -0.2) is 0 Å². The van der Waals surface area contributed by atoms with E-state index in [9.17, 15) is 0 Å². The predicted octanol–water partition coefficient (Wildman–Crippen LogP) is 1.75. The Balaban J connectivity index is 4.38. The molecule has 5 heavy (non-hydrogen) atoms. The summed E-state index contributed by atoms with van der Waals surface area (Å²) in [5.41, 5.74) is -0.111. The molecule has 0 N–H and O–H groups in total. The third-order valence-corrected chi connectivity index (χ3v) is 0.161. The van der Waals surface area contributed by atoms with Gasteiger partial charge in [0.1, 0.15) is 0 Å². The van der Waals surface area contributed by atoms with Gasteiger partial charge in [-0.05, 0) is 6.88 Å². The van der Waals surface area contributed by atoms with Gasteiger partial charge in [-0.1, -0.05) is 24.7 Å². The molecule has 0 spiro atoms. The summed E-state index contributed by atoms with van der Waals surface area (Å²) in [7, 11) is 0. The van der Waals surface area contributed by atoms with E-state index in [0.29, 0.717) is 0 Å². The molecule has 0 unspecified atom stereocenters. The molecule has 0 aliphatic rings. The van der Waals surface area contributed by atoms with Gasteiger partial charge in [0, 0.05) is 2.74 Å².